The van der Waals surface area contributed by atoms with Crippen LogP contribution in [0.15, 0.2) is 18.3 Å². The minimum atomic E-state index is -4.55. The van der Waals surface area contributed by atoms with Crippen LogP contribution in [0, 0.1) is 11.8 Å². The molecular weight excluding hydrogens is 383 g/mol. The van der Waals surface area contributed by atoms with Crippen molar-refractivity contribution in [3.63, 3.8) is 0 Å². The Morgan fingerprint density at radius 1 is 1.24 bits per heavy atom. The van der Waals surface area contributed by atoms with Gasteiger partial charge in [-0.1, -0.05) is 0 Å². The Morgan fingerprint density at radius 2 is 1.93 bits per heavy atom. The summed E-state index contributed by atoms with van der Waals surface area (Å²) < 4.78 is 41.6. The first-order chi connectivity index (χ1) is 13.7. The molecule has 3 heterocycles. The largest absolute Gasteiger partial charge is 0.419 e. The fourth-order valence-electron chi connectivity index (χ4n) is 4.58. The summed E-state index contributed by atoms with van der Waals surface area (Å²) in [5.41, 5.74) is 6.39. The van der Waals surface area contributed by atoms with E-state index in [1.807, 2.05) is 24.6 Å². The highest BCUT2D eigenvalue weighted by Gasteiger charge is 2.57. The lowest BCUT2D eigenvalue weighted by Gasteiger charge is -2.19. The molecule has 0 spiro atoms. The second-order valence-corrected chi connectivity index (χ2v) is 8.34. The van der Waals surface area contributed by atoms with Crippen LogP contribution in [-0.2, 0) is 6.18 Å². The molecule has 0 aromatic carbocycles. The normalized spacial score (nSPS) is 24.3. The van der Waals surface area contributed by atoms with Gasteiger partial charge in [0, 0.05) is 55.7 Å². The number of likely N-dealkylation sites (tertiary alicyclic amines) is 1. The maximum atomic E-state index is 13.2. The molecular formula is C20H26F3N5O. The van der Waals surface area contributed by atoms with E-state index in [9.17, 15) is 13.2 Å². The molecule has 1 aliphatic carbocycles. The van der Waals surface area contributed by atoms with Crippen LogP contribution in [0.3, 0.4) is 0 Å². The smallest absolute Gasteiger partial charge is 0.396 e. The summed E-state index contributed by atoms with van der Waals surface area (Å²) in [6.07, 6.45) is -2.42. The fraction of sp³-hybridized carbons (Fsp3) is 0.600. The number of nitrogen functional groups attached to an aromatic ring is 1. The van der Waals surface area contributed by atoms with Gasteiger partial charge in [-0.25, -0.2) is 4.98 Å². The molecule has 29 heavy (non-hydrogen) atoms. The van der Waals surface area contributed by atoms with Crippen molar-refractivity contribution in [2.24, 2.45) is 11.8 Å². The Kier molecular flexibility index (Phi) is 5.06. The molecule has 158 valence electrons. The molecule has 0 bridgehead atoms. The topological polar surface area (TPSA) is 80.2 Å². The van der Waals surface area contributed by atoms with E-state index >= 15 is 0 Å². The van der Waals surface area contributed by atoms with Gasteiger partial charge in [-0.05, 0) is 44.2 Å². The van der Waals surface area contributed by atoms with E-state index in [1.165, 1.54) is 6.20 Å². The average molecular weight is 409 g/mol. The van der Waals surface area contributed by atoms with Crippen molar-refractivity contribution in [1.82, 2.24) is 19.7 Å². The first-order valence-corrected chi connectivity index (χ1v) is 9.96. The third-order valence-corrected chi connectivity index (χ3v) is 6.02. The number of alkyl halides is 3. The van der Waals surface area contributed by atoms with Crippen molar-refractivity contribution >= 4 is 5.82 Å². The molecule has 9 heteroatoms. The molecule has 2 aliphatic rings. The predicted octanol–water partition coefficient (Wildman–Crippen LogP) is 3.15. The molecule has 1 saturated carbocycles. The highest BCUT2D eigenvalue weighted by atomic mass is 19.4. The predicted molar refractivity (Wildman–Crippen MR) is 103 cm³/mol. The van der Waals surface area contributed by atoms with Crippen molar-refractivity contribution in [3.8, 4) is 11.3 Å². The molecule has 3 N–H and O–H groups in total. The molecule has 3 atom stereocenters. The van der Waals surface area contributed by atoms with E-state index in [4.69, 9.17) is 10.8 Å². The van der Waals surface area contributed by atoms with E-state index < -0.39 is 17.6 Å². The van der Waals surface area contributed by atoms with Gasteiger partial charge in [-0.2, -0.15) is 18.3 Å². The highest BCUT2D eigenvalue weighted by Crippen LogP contribution is 2.58. The van der Waals surface area contributed by atoms with Gasteiger partial charge in [0.2, 0.25) is 0 Å². The number of aliphatic hydroxyl groups excluding tert-OH is 1. The number of piperidine rings is 1. The first-order valence-electron chi connectivity index (χ1n) is 9.96. The van der Waals surface area contributed by atoms with Gasteiger partial charge in [0.15, 0.2) is 0 Å². The lowest BCUT2D eigenvalue weighted by molar-refractivity contribution is -0.137. The highest BCUT2D eigenvalue weighted by molar-refractivity contribution is 5.63. The third-order valence-electron chi connectivity index (χ3n) is 6.02. The maximum absolute atomic E-state index is 13.2. The fourth-order valence-corrected chi connectivity index (χ4v) is 4.58. The van der Waals surface area contributed by atoms with Gasteiger partial charge in [0.25, 0.3) is 0 Å². The molecule has 1 saturated heterocycles. The zero-order valence-corrected chi connectivity index (χ0v) is 16.5. The zero-order valence-electron chi connectivity index (χ0n) is 16.5. The molecule has 0 amide bonds. The van der Waals surface area contributed by atoms with E-state index in [0.717, 1.165) is 37.8 Å². The van der Waals surface area contributed by atoms with Crippen LogP contribution in [0.4, 0.5) is 19.0 Å². The monoisotopic (exact) mass is 409 g/mol. The summed E-state index contributed by atoms with van der Waals surface area (Å²) in [4.78, 5) is 6.12. The quantitative estimate of drug-likeness (QED) is 0.766. The summed E-state index contributed by atoms with van der Waals surface area (Å²) in [5.74, 6) is 0.953. The number of aromatic nitrogens is 3. The molecule has 0 radical (unpaired) electrons. The number of nitrogens with zero attached hydrogens (tertiary/aromatic N) is 4. The number of rotatable bonds is 6. The van der Waals surface area contributed by atoms with Crippen molar-refractivity contribution < 1.29 is 18.3 Å². The molecule has 1 aliphatic heterocycles. The summed E-state index contributed by atoms with van der Waals surface area (Å²) in [7, 11) is 0. The Morgan fingerprint density at radius 3 is 2.52 bits per heavy atom. The second-order valence-electron chi connectivity index (χ2n) is 8.34. The SMILES string of the molecule is CC(C)n1nc(-c2cnc(N)c(C(F)(F)F)c2)cc1[C@H]1[C@@H]2CN(CCCO)C[C@@H]21. The second kappa shape index (κ2) is 7.28. The van der Waals surface area contributed by atoms with E-state index in [-0.39, 0.29) is 12.6 Å². The summed E-state index contributed by atoms with van der Waals surface area (Å²) >= 11 is 0. The molecule has 2 aromatic heterocycles. The van der Waals surface area contributed by atoms with E-state index in [2.05, 4.69) is 15.0 Å². The number of hydrogen-bond donors (Lipinski definition) is 2. The Bertz CT molecular complexity index is 883. The molecule has 2 aromatic rings. The summed E-state index contributed by atoms with van der Waals surface area (Å²) in [6, 6.07) is 3.05. The van der Waals surface area contributed by atoms with Gasteiger partial charge in [-0.15, -0.1) is 0 Å². The van der Waals surface area contributed by atoms with Gasteiger partial charge < -0.3 is 15.7 Å². The van der Waals surface area contributed by atoms with Crippen LogP contribution >= 0.6 is 0 Å². The van der Waals surface area contributed by atoms with Gasteiger partial charge >= 0.3 is 6.18 Å². The Labute approximate surface area is 167 Å². The van der Waals surface area contributed by atoms with Crippen LogP contribution in [0.2, 0.25) is 0 Å². The first kappa shape index (κ1) is 20.2. The molecule has 2 fully saturated rings. The average Bonchev–Trinajstić information content (AvgIpc) is 3.00. The van der Waals surface area contributed by atoms with E-state index in [1.54, 1.807) is 0 Å². The number of halogens is 3. The minimum absolute atomic E-state index is 0.106. The third kappa shape index (κ3) is 3.73. The molecule has 6 nitrogen and oxygen atoms in total. The zero-order chi connectivity index (χ0) is 20.9. The number of hydrogen-bond acceptors (Lipinski definition) is 5. The van der Waals surface area contributed by atoms with Gasteiger partial charge in [0.05, 0.1) is 11.3 Å². The van der Waals surface area contributed by atoms with Crippen molar-refractivity contribution in [2.75, 3.05) is 32.0 Å². The lowest BCUT2D eigenvalue weighted by atomic mass is 10.1. The Balaban J connectivity index is 1.60. The van der Waals surface area contributed by atoms with Crippen LogP contribution < -0.4 is 5.73 Å². The van der Waals surface area contributed by atoms with Crippen LogP contribution in [0.25, 0.3) is 11.3 Å². The Hall–Kier alpha value is -2.13. The van der Waals surface area contributed by atoms with Crippen molar-refractivity contribution in [3.05, 3.63) is 29.6 Å². The standard InChI is InChI=1S/C20H26F3N5O/c1-11(2)28-17(18-13-9-27(4-3-5-29)10-14(13)18)7-16(26-28)12-6-15(20(21,22)23)19(24)25-8-12/h6-8,11,13-14,18,29H,3-5,9-10H2,1-2H3,(H2,24,25)/t13-,14+,18+. The number of nitrogens with two attached hydrogens (primary N) is 1. The van der Waals surface area contributed by atoms with Crippen LogP contribution in [-0.4, -0.2) is 51.0 Å². The number of fused-ring (bicyclic) bond motifs is 1. The van der Waals surface area contributed by atoms with E-state index in [0.29, 0.717) is 29.0 Å². The van der Waals surface area contributed by atoms with Gasteiger partial charge in [0.1, 0.15) is 5.82 Å². The molecule has 0 unspecified atom stereocenters. The summed E-state index contributed by atoms with van der Waals surface area (Å²) in [5, 5.41) is 13.6. The summed E-state index contributed by atoms with van der Waals surface area (Å²) in [6.45, 7) is 7.14. The van der Waals surface area contributed by atoms with Gasteiger partial charge in [-0.3, -0.25) is 4.68 Å². The lowest BCUT2D eigenvalue weighted by Crippen LogP contribution is -2.26. The van der Waals surface area contributed by atoms with Crippen molar-refractivity contribution in [1.29, 1.82) is 0 Å². The van der Waals surface area contributed by atoms with Crippen LogP contribution in [0.1, 0.15) is 43.5 Å². The van der Waals surface area contributed by atoms with Crippen LogP contribution in [0.5, 0.6) is 0 Å². The number of anilines is 1. The van der Waals surface area contributed by atoms with Crippen molar-refractivity contribution in [2.45, 2.75) is 38.4 Å². The maximum Gasteiger partial charge on any atom is 0.419 e. The minimum Gasteiger partial charge on any atom is -0.396 e. The number of pyridine rings is 1. The number of aliphatic hydroxyl groups is 1. The molecule has 4 rings (SSSR count).